The van der Waals surface area contributed by atoms with Crippen molar-refractivity contribution in [2.75, 3.05) is 6.61 Å². The smallest absolute Gasteiger partial charge is 0.306 e. The summed E-state index contributed by atoms with van der Waals surface area (Å²) in [5, 5.41) is 23.7. The highest BCUT2D eigenvalue weighted by Gasteiger charge is 2.24. The van der Waals surface area contributed by atoms with E-state index in [0.717, 1.165) is 77.0 Å². The number of carbonyl (C=O) groups is 2. The SMILES string of the molecule is CC/C=C\C/C=C\C/C=C\C/C=C\C/C=C\C/C=C\CCC(=O)OC(CCCCCCCCCCCC)CC(=O)NC(CO)C(O)CCCCCCCCCCCCCCC. The molecule has 0 spiro atoms. The predicted octanol–water partition coefficient (Wildman–Crippen LogP) is 15.4. The number of nitrogens with one attached hydrogen (secondary N) is 1. The number of hydrogen-bond donors (Lipinski definition) is 3. The standard InChI is InChI=1S/C55H97NO5/c1-4-7-10-13-16-19-22-24-25-26-27-28-29-31-33-36-39-42-45-48-55(60)61-51(46-43-40-37-34-21-18-15-12-9-6-3)49-54(59)56-52(50-57)53(58)47-44-41-38-35-32-30-23-20-17-14-11-8-5-2/h7,10,16,19,24-25,27-28,31,33,39,42,51-53,57-58H,4-6,8-9,11-15,17-18,20-23,26,29-30,32,34-38,40-41,43-50H2,1-3H3,(H,56,59)/b10-7-,19-16-,25-24-,28-27-,33-31-,42-39-. The van der Waals surface area contributed by atoms with Crippen molar-refractivity contribution >= 4 is 11.9 Å². The van der Waals surface area contributed by atoms with Gasteiger partial charge < -0.3 is 20.3 Å². The maximum absolute atomic E-state index is 13.2. The molecule has 0 bridgehead atoms. The van der Waals surface area contributed by atoms with Gasteiger partial charge in [0, 0.05) is 6.42 Å². The normalized spacial score (nSPS) is 13.9. The number of ether oxygens (including phenoxy) is 1. The molecule has 0 heterocycles. The van der Waals surface area contributed by atoms with Crippen molar-refractivity contribution in [3.8, 4) is 0 Å². The Bertz CT molecular complexity index is 1140. The van der Waals surface area contributed by atoms with E-state index in [4.69, 9.17) is 4.74 Å². The lowest BCUT2D eigenvalue weighted by Crippen LogP contribution is -2.46. The van der Waals surface area contributed by atoms with Gasteiger partial charge in [0.05, 0.1) is 25.2 Å². The van der Waals surface area contributed by atoms with E-state index < -0.39 is 18.2 Å². The van der Waals surface area contributed by atoms with Gasteiger partial charge in [0.25, 0.3) is 0 Å². The molecule has 1 amide bonds. The van der Waals surface area contributed by atoms with Crippen LogP contribution in [0.4, 0.5) is 0 Å². The molecule has 0 aliphatic heterocycles. The van der Waals surface area contributed by atoms with E-state index in [0.29, 0.717) is 19.3 Å². The van der Waals surface area contributed by atoms with Crippen LogP contribution in [0.5, 0.6) is 0 Å². The second-order valence-electron chi connectivity index (χ2n) is 17.2. The topological polar surface area (TPSA) is 95.9 Å². The minimum atomic E-state index is -0.800. The van der Waals surface area contributed by atoms with Crippen LogP contribution in [0.1, 0.15) is 239 Å². The third-order valence-electron chi connectivity index (χ3n) is 11.3. The van der Waals surface area contributed by atoms with E-state index in [1.807, 2.05) is 6.08 Å². The molecule has 3 unspecified atom stereocenters. The second kappa shape index (κ2) is 48.3. The van der Waals surface area contributed by atoms with Crippen LogP contribution in [-0.2, 0) is 14.3 Å². The molecule has 0 aliphatic rings. The van der Waals surface area contributed by atoms with E-state index in [1.165, 1.54) is 109 Å². The van der Waals surface area contributed by atoms with Crippen LogP contribution in [-0.4, -0.2) is 46.9 Å². The van der Waals surface area contributed by atoms with Gasteiger partial charge in [0.1, 0.15) is 6.10 Å². The lowest BCUT2D eigenvalue weighted by atomic mass is 10.0. The molecule has 0 rings (SSSR count). The summed E-state index contributed by atoms with van der Waals surface area (Å²) < 4.78 is 5.88. The largest absolute Gasteiger partial charge is 0.462 e. The second-order valence-corrected chi connectivity index (χ2v) is 17.2. The van der Waals surface area contributed by atoms with Crippen LogP contribution in [0.15, 0.2) is 72.9 Å². The van der Waals surface area contributed by atoms with Crippen molar-refractivity contribution in [2.24, 2.45) is 0 Å². The Morgan fingerprint density at radius 3 is 1.25 bits per heavy atom. The zero-order chi connectivity index (χ0) is 44.5. The first-order valence-electron chi connectivity index (χ1n) is 25.7. The quantitative estimate of drug-likeness (QED) is 0.0322. The van der Waals surface area contributed by atoms with Gasteiger partial charge in [0.15, 0.2) is 0 Å². The van der Waals surface area contributed by atoms with Crippen molar-refractivity contribution in [2.45, 2.75) is 257 Å². The molecule has 0 radical (unpaired) electrons. The molecule has 0 aromatic carbocycles. The van der Waals surface area contributed by atoms with Gasteiger partial charge in [0.2, 0.25) is 5.91 Å². The zero-order valence-electron chi connectivity index (χ0n) is 40.0. The maximum Gasteiger partial charge on any atom is 0.306 e. The van der Waals surface area contributed by atoms with Gasteiger partial charge in [-0.2, -0.15) is 0 Å². The maximum atomic E-state index is 13.2. The number of esters is 1. The number of rotatable bonds is 45. The summed E-state index contributed by atoms with van der Waals surface area (Å²) in [5.74, 6) is -0.573. The van der Waals surface area contributed by atoms with Crippen LogP contribution in [0.3, 0.4) is 0 Å². The van der Waals surface area contributed by atoms with E-state index in [1.54, 1.807) is 0 Å². The van der Waals surface area contributed by atoms with Gasteiger partial charge in [-0.15, -0.1) is 0 Å². The van der Waals surface area contributed by atoms with E-state index >= 15 is 0 Å². The average molecular weight is 852 g/mol. The molecular weight excluding hydrogens is 755 g/mol. The van der Waals surface area contributed by atoms with Gasteiger partial charge in [-0.3, -0.25) is 9.59 Å². The first-order chi connectivity index (χ1) is 30.0. The third-order valence-corrected chi connectivity index (χ3v) is 11.3. The number of hydrogen-bond acceptors (Lipinski definition) is 5. The molecule has 6 nitrogen and oxygen atoms in total. The first kappa shape index (κ1) is 58.3. The summed E-state index contributed by atoms with van der Waals surface area (Å²) in [6.07, 6.45) is 61.1. The molecule has 0 saturated carbocycles. The van der Waals surface area contributed by atoms with Crippen molar-refractivity contribution in [1.29, 1.82) is 0 Å². The molecular formula is C55H97NO5. The molecule has 3 N–H and O–H groups in total. The van der Waals surface area contributed by atoms with Crippen molar-refractivity contribution in [3.63, 3.8) is 0 Å². The fourth-order valence-corrected chi connectivity index (χ4v) is 7.46. The predicted molar refractivity (Wildman–Crippen MR) is 264 cm³/mol. The Labute approximate surface area is 377 Å². The van der Waals surface area contributed by atoms with Crippen LogP contribution in [0.2, 0.25) is 0 Å². The van der Waals surface area contributed by atoms with E-state index in [-0.39, 0.29) is 31.3 Å². The summed E-state index contributed by atoms with van der Waals surface area (Å²) >= 11 is 0. The molecule has 6 heteroatoms. The molecule has 0 saturated heterocycles. The number of amides is 1. The minimum absolute atomic E-state index is 0.0467. The number of aliphatic hydroxyl groups excluding tert-OH is 2. The molecule has 0 aromatic heterocycles. The Hall–Kier alpha value is -2.70. The summed E-state index contributed by atoms with van der Waals surface area (Å²) in [4.78, 5) is 26.1. The Kier molecular flexibility index (Phi) is 46.2. The molecule has 0 aromatic rings. The number of allylic oxidation sites excluding steroid dienone is 12. The van der Waals surface area contributed by atoms with Gasteiger partial charge >= 0.3 is 5.97 Å². The molecule has 3 atom stereocenters. The number of aliphatic hydroxyl groups is 2. The fraction of sp³-hybridized carbons (Fsp3) is 0.745. The Balaban J connectivity index is 4.62. The van der Waals surface area contributed by atoms with Gasteiger partial charge in [-0.1, -0.05) is 235 Å². The number of carbonyl (C=O) groups excluding carboxylic acids is 2. The first-order valence-corrected chi connectivity index (χ1v) is 25.7. The van der Waals surface area contributed by atoms with Gasteiger partial charge in [-0.25, -0.2) is 0 Å². The zero-order valence-corrected chi connectivity index (χ0v) is 40.0. The van der Waals surface area contributed by atoms with Crippen LogP contribution >= 0.6 is 0 Å². The Morgan fingerprint density at radius 2 is 0.852 bits per heavy atom. The van der Waals surface area contributed by atoms with Gasteiger partial charge in [-0.05, 0) is 64.2 Å². The molecule has 0 aliphatic carbocycles. The molecule has 0 fully saturated rings. The number of unbranched alkanes of at least 4 members (excludes halogenated alkanes) is 21. The summed E-state index contributed by atoms with van der Waals surface area (Å²) in [6.45, 7) is 6.34. The van der Waals surface area contributed by atoms with E-state index in [2.05, 4.69) is 92.9 Å². The van der Waals surface area contributed by atoms with Crippen LogP contribution in [0.25, 0.3) is 0 Å². The highest BCUT2D eigenvalue weighted by molar-refractivity contribution is 5.77. The van der Waals surface area contributed by atoms with E-state index in [9.17, 15) is 19.8 Å². The van der Waals surface area contributed by atoms with Crippen LogP contribution < -0.4 is 5.32 Å². The van der Waals surface area contributed by atoms with Crippen molar-refractivity contribution in [1.82, 2.24) is 5.32 Å². The minimum Gasteiger partial charge on any atom is -0.462 e. The average Bonchev–Trinajstić information content (AvgIpc) is 3.25. The lowest BCUT2D eigenvalue weighted by Gasteiger charge is -2.24. The molecule has 61 heavy (non-hydrogen) atoms. The lowest BCUT2D eigenvalue weighted by molar-refractivity contribution is -0.150. The van der Waals surface area contributed by atoms with Crippen molar-refractivity contribution in [3.05, 3.63) is 72.9 Å². The van der Waals surface area contributed by atoms with Crippen LogP contribution in [0, 0.1) is 0 Å². The fourth-order valence-electron chi connectivity index (χ4n) is 7.46. The molecule has 352 valence electrons. The summed E-state index contributed by atoms with van der Waals surface area (Å²) in [7, 11) is 0. The highest BCUT2D eigenvalue weighted by Crippen LogP contribution is 2.17. The summed E-state index contributed by atoms with van der Waals surface area (Å²) in [5.41, 5.74) is 0. The van der Waals surface area contributed by atoms with Crippen molar-refractivity contribution < 1.29 is 24.5 Å². The third kappa shape index (κ3) is 43.7. The Morgan fingerprint density at radius 1 is 0.492 bits per heavy atom. The highest BCUT2D eigenvalue weighted by atomic mass is 16.5. The summed E-state index contributed by atoms with van der Waals surface area (Å²) in [6, 6.07) is -0.716. The monoisotopic (exact) mass is 852 g/mol.